The van der Waals surface area contributed by atoms with Gasteiger partial charge < -0.3 is 25.2 Å². The van der Waals surface area contributed by atoms with E-state index in [2.05, 4.69) is 4.74 Å². The van der Waals surface area contributed by atoms with Crippen molar-refractivity contribution in [2.24, 2.45) is 0 Å². The van der Waals surface area contributed by atoms with E-state index in [4.69, 9.17) is 21.8 Å². The van der Waals surface area contributed by atoms with Crippen molar-refractivity contribution in [3.63, 3.8) is 0 Å². The van der Waals surface area contributed by atoms with Crippen LogP contribution in [-0.4, -0.2) is 58.0 Å². The van der Waals surface area contributed by atoms with Gasteiger partial charge >= 0.3 is 0 Å². The first-order valence-electron chi connectivity index (χ1n) is 3.88. The van der Waals surface area contributed by atoms with Crippen molar-refractivity contribution in [3.8, 4) is 0 Å². The summed E-state index contributed by atoms with van der Waals surface area (Å²) in [5, 5.41) is 35.9. The molecule has 0 bridgehead atoms. The second-order valence-corrected chi connectivity index (χ2v) is 2.46. The minimum Gasteiger partial charge on any atom is -0.394 e. The molecule has 1 fully saturated rings. The van der Waals surface area contributed by atoms with Gasteiger partial charge in [0.25, 0.3) is 0 Å². The highest BCUT2D eigenvalue weighted by Crippen LogP contribution is 2.14. The Morgan fingerprint density at radius 1 is 1.36 bits per heavy atom. The van der Waals surface area contributed by atoms with E-state index < -0.39 is 37.6 Å². The molecule has 0 aromatic heterocycles. The Morgan fingerprint density at radius 3 is 2.55 bits per heavy atom. The normalized spacial score (nSPS) is 53.8. The highest BCUT2D eigenvalue weighted by Gasteiger charge is 2.36. The van der Waals surface area contributed by atoms with E-state index in [0.717, 1.165) is 0 Å². The van der Waals surface area contributed by atoms with Crippen LogP contribution in [0.25, 0.3) is 0 Å². The van der Waals surface area contributed by atoms with Crippen LogP contribution in [0.5, 0.6) is 0 Å². The summed E-state index contributed by atoms with van der Waals surface area (Å²) in [5.41, 5.74) is 0. The first kappa shape index (κ1) is 7.45. The number of hydrogen-bond donors (Lipinski definition) is 4. The Bertz CT molecular complexity index is 150. The lowest BCUT2D eigenvalue weighted by molar-refractivity contribution is -0.195. The summed E-state index contributed by atoms with van der Waals surface area (Å²) in [7, 11) is 0. The fraction of sp³-hybridized carbons (Fsp3) is 1.00. The lowest BCUT2D eigenvalue weighted by Crippen LogP contribution is -2.53. The molecule has 66 valence electrons. The minimum atomic E-state index is -1.43. The molecular formula is C6H12O5. The molecule has 0 amide bonds. The van der Waals surface area contributed by atoms with Crippen LogP contribution in [0.15, 0.2) is 0 Å². The minimum absolute atomic E-state index is 0.486. The van der Waals surface area contributed by atoms with Crippen molar-refractivity contribution in [2.45, 2.75) is 24.4 Å². The van der Waals surface area contributed by atoms with Gasteiger partial charge in [-0.2, -0.15) is 0 Å². The van der Waals surface area contributed by atoms with E-state index in [1.54, 1.807) is 0 Å². The van der Waals surface area contributed by atoms with Crippen molar-refractivity contribution in [1.82, 2.24) is 0 Å². The molecule has 0 aromatic carbocycles. The van der Waals surface area contributed by atoms with Gasteiger partial charge in [0.1, 0.15) is 24.4 Å². The summed E-state index contributed by atoms with van der Waals surface area (Å²) < 4.78 is 11.8. The fourth-order valence-electron chi connectivity index (χ4n) is 0.915. The Labute approximate surface area is 65.3 Å². The number of hydrogen-bond acceptors (Lipinski definition) is 5. The molecule has 5 nitrogen and oxygen atoms in total. The quantitative estimate of drug-likeness (QED) is 0.344. The van der Waals surface area contributed by atoms with Crippen molar-refractivity contribution < 1.29 is 26.5 Å². The molecule has 0 unspecified atom stereocenters. The van der Waals surface area contributed by atoms with Crippen LogP contribution in [0.4, 0.5) is 0 Å². The van der Waals surface area contributed by atoms with E-state index in [1.165, 1.54) is 0 Å². The SMILES string of the molecule is [2H][C@@H]1O[C@H](CO)[C@H](O)[C@H](O)[C@H]1O. The Hall–Kier alpha value is -0.200. The van der Waals surface area contributed by atoms with E-state index in [0.29, 0.717) is 0 Å². The van der Waals surface area contributed by atoms with Crippen molar-refractivity contribution >= 4 is 0 Å². The summed E-state index contributed by atoms with van der Waals surface area (Å²) in [6, 6.07) is 0. The lowest BCUT2D eigenvalue weighted by atomic mass is 10.0. The van der Waals surface area contributed by atoms with Gasteiger partial charge in [0.05, 0.1) is 14.6 Å². The van der Waals surface area contributed by atoms with Crippen LogP contribution in [0.3, 0.4) is 0 Å². The van der Waals surface area contributed by atoms with E-state index >= 15 is 0 Å². The largest absolute Gasteiger partial charge is 0.394 e. The summed E-state index contributed by atoms with van der Waals surface area (Å²) in [6.07, 6.45) is -5.20. The number of aliphatic hydroxyl groups is 4. The summed E-state index contributed by atoms with van der Waals surface area (Å²) in [4.78, 5) is 0. The van der Waals surface area contributed by atoms with Gasteiger partial charge in [-0.25, -0.2) is 0 Å². The number of ether oxygens (including phenoxy) is 1. The van der Waals surface area contributed by atoms with Crippen molar-refractivity contribution in [1.29, 1.82) is 0 Å². The Balaban J connectivity index is 2.63. The molecule has 11 heavy (non-hydrogen) atoms. The van der Waals surface area contributed by atoms with Crippen LogP contribution in [0.1, 0.15) is 1.37 Å². The summed E-state index contributed by atoms with van der Waals surface area (Å²) in [5.74, 6) is 0. The van der Waals surface area contributed by atoms with Gasteiger partial charge in [0, 0.05) is 0 Å². The van der Waals surface area contributed by atoms with Crippen LogP contribution in [0.2, 0.25) is 0 Å². The molecule has 0 aromatic rings. The summed E-state index contributed by atoms with van der Waals surface area (Å²) >= 11 is 0. The molecule has 0 saturated carbocycles. The lowest BCUT2D eigenvalue weighted by Gasteiger charge is -2.34. The first-order valence-corrected chi connectivity index (χ1v) is 3.30. The molecule has 1 rings (SSSR count). The van der Waals surface area contributed by atoms with E-state index in [1.807, 2.05) is 0 Å². The molecule has 0 spiro atoms. The van der Waals surface area contributed by atoms with E-state index in [-0.39, 0.29) is 0 Å². The maximum absolute atomic E-state index is 9.15. The van der Waals surface area contributed by atoms with Crippen LogP contribution >= 0.6 is 0 Å². The van der Waals surface area contributed by atoms with Crippen molar-refractivity contribution in [2.75, 3.05) is 13.2 Å². The Morgan fingerprint density at radius 2 is 2.00 bits per heavy atom. The highest BCUT2D eigenvalue weighted by molar-refractivity contribution is 4.85. The third-order valence-electron chi connectivity index (χ3n) is 1.65. The predicted molar refractivity (Wildman–Crippen MR) is 34.8 cm³/mol. The predicted octanol–water partition coefficient (Wildman–Crippen LogP) is -2.54. The Kier molecular flexibility index (Phi) is 2.35. The third-order valence-corrected chi connectivity index (χ3v) is 1.65. The molecule has 1 heterocycles. The van der Waals surface area contributed by atoms with Crippen LogP contribution < -0.4 is 0 Å². The fourth-order valence-corrected chi connectivity index (χ4v) is 0.915. The molecule has 1 aliphatic heterocycles. The molecular weight excluding hydrogens is 152 g/mol. The second-order valence-electron chi connectivity index (χ2n) is 2.46. The zero-order valence-electron chi connectivity index (χ0n) is 6.79. The van der Waals surface area contributed by atoms with Gasteiger partial charge in [0.2, 0.25) is 0 Å². The molecule has 4 N–H and O–H groups in total. The smallest absolute Gasteiger partial charge is 0.111 e. The van der Waals surface area contributed by atoms with Gasteiger partial charge in [0.15, 0.2) is 0 Å². The zero-order chi connectivity index (χ0) is 9.30. The molecule has 0 radical (unpaired) electrons. The molecule has 5 heteroatoms. The zero-order valence-corrected chi connectivity index (χ0v) is 5.79. The topological polar surface area (TPSA) is 90.2 Å². The molecule has 0 aliphatic carbocycles. The average molecular weight is 165 g/mol. The van der Waals surface area contributed by atoms with Crippen LogP contribution in [0, 0.1) is 0 Å². The summed E-state index contributed by atoms with van der Waals surface area (Å²) in [6.45, 7) is -1.80. The molecule has 1 aliphatic rings. The van der Waals surface area contributed by atoms with Crippen molar-refractivity contribution in [3.05, 3.63) is 0 Å². The standard InChI is InChI=1S/C6H12O5/c7-1-4-6(10)5(9)3(8)2-11-4/h3-10H,1-2H2/t3-,4+,5+,6-/m0/s1/i2D/t2-,3-,4+,5+,6-. The maximum Gasteiger partial charge on any atom is 0.111 e. The number of rotatable bonds is 1. The molecule has 5 atom stereocenters. The number of aliphatic hydroxyl groups excluding tert-OH is 4. The van der Waals surface area contributed by atoms with Gasteiger partial charge in [-0.15, -0.1) is 0 Å². The third kappa shape index (κ3) is 1.69. The maximum atomic E-state index is 9.15. The monoisotopic (exact) mass is 165 g/mol. The average Bonchev–Trinajstić information content (AvgIpc) is 2.08. The van der Waals surface area contributed by atoms with Gasteiger partial charge in [-0.05, 0) is 0 Å². The molecule has 1 saturated heterocycles. The highest BCUT2D eigenvalue weighted by atomic mass is 16.5. The van der Waals surface area contributed by atoms with Gasteiger partial charge in [-0.3, -0.25) is 0 Å². The van der Waals surface area contributed by atoms with E-state index in [9.17, 15) is 0 Å². The second kappa shape index (κ2) is 3.46. The van der Waals surface area contributed by atoms with Crippen LogP contribution in [-0.2, 0) is 4.74 Å². The van der Waals surface area contributed by atoms with Gasteiger partial charge in [-0.1, -0.05) is 0 Å². The first-order chi connectivity index (χ1) is 5.57.